The van der Waals surface area contributed by atoms with Crippen LogP contribution in [0.2, 0.25) is 0 Å². The topological polar surface area (TPSA) is 117 Å². The van der Waals surface area contributed by atoms with Crippen LogP contribution in [0, 0.1) is 5.92 Å². The van der Waals surface area contributed by atoms with Crippen LogP contribution in [0.5, 0.6) is 0 Å². The molecule has 29 heavy (non-hydrogen) atoms. The molecule has 0 fully saturated rings. The van der Waals surface area contributed by atoms with E-state index < -0.39 is 11.8 Å². The van der Waals surface area contributed by atoms with Crippen molar-refractivity contribution in [3.63, 3.8) is 0 Å². The first-order chi connectivity index (χ1) is 13.8. The summed E-state index contributed by atoms with van der Waals surface area (Å²) in [6, 6.07) is 0. The van der Waals surface area contributed by atoms with Crippen molar-refractivity contribution in [3.05, 3.63) is 36.4 Å². The number of likely N-dealkylation sites (N-methyl/N-ethyl adjacent to an activating group) is 1. The van der Waals surface area contributed by atoms with Gasteiger partial charge in [-0.2, -0.15) is 5.10 Å². The van der Waals surface area contributed by atoms with Crippen molar-refractivity contribution < 1.29 is 14.0 Å². The molecule has 2 heterocycles. The summed E-state index contributed by atoms with van der Waals surface area (Å²) in [6.07, 6.45) is 9.59. The van der Waals surface area contributed by atoms with E-state index >= 15 is 0 Å². The first kappa shape index (κ1) is 22.1. The molecule has 8 nitrogen and oxygen atoms in total. The van der Waals surface area contributed by atoms with Crippen molar-refractivity contribution in [2.24, 2.45) is 5.92 Å². The van der Waals surface area contributed by atoms with Crippen LogP contribution in [0.1, 0.15) is 33.6 Å². The smallest absolute Gasteiger partial charge is 0.314 e. The lowest BCUT2D eigenvalue weighted by atomic mass is 10.2. The van der Waals surface area contributed by atoms with E-state index in [-0.39, 0.29) is 11.7 Å². The quantitative estimate of drug-likeness (QED) is 0.679. The molecule has 0 unspecified atom stereocenters. The van der Waals surface area contributed by atoms with Crippen molar-refractivity contribution in [2.45, 2.75) is 33.6 Å². The minimum Gasteiger partial charge on any atom is -0.383 e. The Bertz CT molecular complexity index is 919. The normalized spacial score (nSPS) is 12.9. The third-order valence-corrected chi connectivity index (χ3v) is 4.18. The zero-order valence-electron chi connectivity index (χ0n) is 16.9. The molecule has 9 heteroatoms. The number of amides is 2. The zero-order chi connectivity index (χ0) is 21.4. The Hall–Kier alpha value is -3.23. The maximum absolute atomic E-state index is 12.2. The van der Waals surface area contributed by atoms with Gasteiger partial charge in [0.15, 0.2) is 0 Å². The Kier molecular flexibility index (Phi) is 7.88. The average Bonchev–Trinajstić information content (AvgIpc) is 3.19. The van der Waals surface area contributed by atoms with Crippen molar-refractivity contribution in [2.75, 3.05) is 24.1 Å². The Morgan fingerprint density at radius 2 is 2.14 bits per heavy atom. The number of carbonyl (C=O) groups excluding carboxylic acids is 2. The number of carbonyl (C=O) groups is 2. The lowest BCUT2D eigenvalue weighted by Gasteiger charge is -2.22. The summed E-state index contributed by atoms with van der Waals surface area (Å²) in [6.45, 7) is 6.83. The van der Waals surface area contributed by atoms with Crippen LogP contribution in [-0.4, -0.2) is 45.0 Å². The van der Waals surface area contributed by atoms with E-state index in [0.717, 1.165) is 6.42 Å². The number of hydrogen-bond acceptors (Lipinski definition) is 5. The highest BCUT2D eigenvalue weighted by Gasteiger charge is 2.22. The van der Waals surface area contributed by atoms with E-state index in [1.54, 1.807) is 6.08 Å². The van der Waals surface area contributed by atoms with E-state index in [0.29, 0.717) is 41.9 Å². The van der Waals surface area contributed by atoms with Crippen molar-refractivity contribution in [3.8, 4) is 0 Å². The first-order valence-electron chi connectivity index (χ1n) is 9.52. The highest BCUT2D eigenvalue weighted by Crippen LogP contribution is 2.23. The lowest BCUT2D eigenvalue weighted by molar-refractivity contribution is -0.143. The van der Waals surface area contributed by atoms with Crippen LogP contribution < -0.4 is 11.1 Å². The number of nitrogens with two attached hydrogens (primary N) is 1. The summed E-state index contributed by atoms with van der Waals surface area (Å²) in [5.74, 6) is -0.676. The van der Waals surface area contributed by atoms with E-state index in [4.69, 9.17) is 5.73 Å². The Morgan fingerprint density at radius 1 is 1.38 bits per heavy atom. The Morgan fingerprint density at radius 3 is 2.69 bits per heavy atom. The third kappa shape index (κ3) is 6.13. The molecule has 3 rings (SSSR count). The standard InChI is InChI=1S/C14H20N6O2.C6H7F/c1-4-20(7-8(2)3)14(22)13(21)18-10-6-16-12(15)9-5-17-19-11(9)10;7-6-4-2-1-3-5-6/h5-6,8H,4,7H2,1-3H3,(H2,15,16)(H,17,19)(H,18,21);1-2,4H,3,5H2. The molecule has 0 aliphatic heterocycles. The molecule has 2 aromatic heterocycles. The summed E-state index contributed by atoms with van der Waals surface area (Å²) >= 11 is 0. The van der Waals surface area contributed by atoms with Gasteiger partial charge in [-0.15, -0.1) is 0 Å². The Balaban J connectivity index is 0.000000360. The number of nitrogens with zero attached hydrogens (tertiary/aromatic N) is 3. The number of fused-ring (bicyclic) bond motifs is 1. The zero-order valence-corrected chi connectivity index (χ0v) is 16.9. The predicted octanol–water partition coefficient (Wildman–Crippen LogP) is 3.17. The van der Waals surface area contributed by atoms with E-state index in [1.165, 1.54) is 23.4 Å². The van der Waals surface area contributed by atoms with Gasteiger partial charge in [-0.1, -0.05) is 26.0 Å². The van der Waals surface area contributed by atoms with Crippen molar-refractivity contribution >= 4 is 34.2 Å². The van der Waals surface area contributed by atoms with Crippen LogP contribution in [0.15, 0.2) is 36.4 Å². The number of H-pyrrole nitrogens is 1. The highest BCUT2D eigenvalue weighted by atomic mass is 19.1. The minimum atomic E-state index is -0.704. The Labute approximate surface area is 169 Å². The summed E-state index contributed by atoms with van der Waals surface area (Å²) < 4.78 is 12.0. The van der Waals surface area contributed by atoms with Gasteiger partial charge in [0.2, 0.25) is 0 Å². The van der Waals surface area contributed by atoms with Gasteiger partial charge in [-0.05, 0) is 25.3 Å². The number of nitrogens with one attached hydrogen (secondary N) is 2. The predicted molar refractivity (Wildman–Crippen MR) is 112 cm³/mol. The lowest BCUT2D eigenvalue weighted by Crippen LogP contribution is -2.41. The molecular weight excluding hydrogens is 375 g/mol. The number of aromatic amines is 1. The second-order valence-electron chi connectivity index (χ2n) is 6.99. The van der Waals surface area contributed by atoms with Gasteiger partial charge in [0.05, 0.1) is 29.0 Å². The first-order valence-corrected chi connectivity index (χ1v) is 9.52. The van der Waals surface area contributed by atoms with E-state index in [1.807, 2.05) is 26.8 Å². The summed E-state index contributed by atoms with van der Waals surface area (Å²) in [7, 11) is 0. The second-order valence-corrected chi connectivity index (χ2v) is 6.99. The molecule has 0 bridgehead atoms. The highest BCUT2D eigenvalue weighted by molar-refractivity contribution is 6.40. The maximum atomic E-state index is 12.2. The number of nitrogen functional groups attached to an aromatic ring is 1. The van der Waals surface area contributed by atoms with Crippen LogP contribution in [-0.2, 0) is 9.59 Å². The van der Waals surface area contributed by atoms with Gasteiger partial charge in [0, 0.05) is 19.5 Å². The van der Waals surface area contributed by atoms with Gasteiger partial charge in [0.1, 0.15) is 11.6 Å². The molecule has 0 atom stereocenters. The summed E-state index contributed by atoms with van der Waals surface area (Å²) in [5, 5.41) is 9.78. The van der Waals surface area contributed by atoms with Crippen LogP contribution in [0.25, 0.3) is 10.9 Å². The van der Waals surface area contributed by atoms with Crippen molar-refractivity contribution in [1.82, 2.24) is 20.1 Å². The van der Waals surface area contributed by atoms with Crippen LogP contribution >= 0.6 is 0 Å². The number of pyridine rings is 1. The molecule has 0 radical (unpaired) electrons. The molecule has 4 N–H and O–H groups in total. The number of aromatic nitrogens is 3. The molecule has 0 saturated heterocycles. The molecule has 2 amide bonds. The van der Waals surface area contributed by atoms with Gasteiger partial charge >= 0.3 is 11.8 Å². The van der Waals surface area contributed by atoms with Crippen LogP contribution in [0.4, 0.5) is 15.9 Å². The molecule has 2 aromatic rings. The van der Waals surface area contributed by atoms with Gasteiger partial charge in [-0.3, -0.25) is 14.7 Å². The number of halogens is 1. The molecule has 1 aliphatic carbocycles. The number of allylic oxidation sites excluding steroid dienone is 4. The third-order valence-electron chi connectivity index (χ3n) is 4.18. The fourth-order valence-electron chi connectivity index (χ4n) is 2.74. The molecule has 0 spiro atoms. The number of rotatable bonds is 4. The SMILES string of the molecule is CCN(CC(C)C)C(=O)C(=O)Nc1cnc(N)c2cn[nH]c12.FC1=CC=CCC1. The van der Waals surface area contributed by atoms with Crippen molar-refractivity contribution in [1.29, 1.82) is 0 Å². The largest absolute Gasteiger partial charge is 0.383 e. The number of anilines is 2. The number of hydrogen-bond donors (Lipinski definition) is 3. The summed E-state index contributed by atoms with van der Waals surface area (Å²) in [5.41, 5.74) is 6.64. The molecule has 0 saturated carbocycles. The van der Waals surface area contributed by atoms with E-state index in [2.05, 4.69) is 20.5 Å². The molecular formula is C20H27FN6O2. The molecule has 156 valence electrons. The van der Waals surface area contributed by atoms with Gasteiger partial charge in [0.25, 0.3) is 0 Å². The fourth-order valence-corrected chi connectivity index (χ4v) is 2.74. The van der Waals surface area contributed by atoms with Gasteiger partial charge < -0.3 is 16.0 Å². The fraction of sp³-hybridized carbons (Fsp3) is 0.400. The monoisotopic (exact) mass is 402 g/mol. The average molecular weight is 402 g/mol. The van der Waals surface area contributed by atoms with E-state index in [9.17, 15) is 14.0 Å². The van der Waals surface area contributed by atoms with Crippen LogP contribution in [0.3, 0.4) is 0 Å². The molecule has 0 aromatic carbocycles. The minimum absolute atomic E-state index is 0.00231. The molecule has 1 aliphatic rings. The second kappa shape index (κ2) is 10.4. The van der Waals surface area contributed by atoms with Gasteiger partial charge in [-0.25, -0.2) is 9.37 Å². The maximum Gasteiger partial charge on any atom is 0.314 e. The summed E-state index contributed by atoms with van der Waals surface area (Å²) in [4.78, 5) is 29.8.